The molecule has 1 aliphatic carbocycles. The smallest absolute Gasteiger partial charge is 0.307 e. The number of benzene rings is 1. The monoisotopic (exact) mass is 398 g/mol. The molecule has 1 saturated heterocycles. The van der Waals surface area contributed by atoms with Gasteiger partial charge in [0.2, 0.25) is 5.91 Å². The molecule has 0 radical (unpaired) electrons. The third-order valence-corrected chi connectivity index (χ3v) is 6.81. The van der Waals surface area contributed by atoms with Crippen LogP contribution >= 0.6 is 0 Å². The summed E-state index contributed by atoms with van der Waals surface area (Å²) in [5.74, 6) is 0.00762. The first-order valence-electron chi connectivity index (χ1n) is 10.3. The fraction of sp³-hybridized carbons (Fsp3) is 0.545. The highest BCUT2D eigenvalue weighted by Gasteiger charge is 2.42. The number of methoxy groups -OCH3 is 1. The zero-order chi connectivity index (χ0) is 20.7. The van der Waals surface area contributed by atoms with Crippen molar-refractivity contribution >= 4 is 22.8 Å². The van der Waals surface area contributed by atoms with Crippen LogP contribution in [0.25, 0.3) is 10.9 Å². The summed E-state index contributed by atoms with van der Waals surface area (Å²) < 4.78 is 4.66. The van der Waals surface area contributed by atoms with E-state index in [0.29, 0.717) is 18.5 Å². The van der Waals surface area contributed by atoms with E-state index in [2.05, 4.69) is 46.1 Å². The van der Waals surface area contributed by atoms with Gasteiger partial charge < -0.3 is 25.3 Å². The second-order valence-electron chi connectivity index (χ2n) is 8.51. The average Bonchev–Trinajstić information content (AvgIpc) is 3.15. The number of esters is 1. The van der Waals surface area contributed by atoms with Crippen LogP contribution in [0.2, 0.25) is 0 Å². The zero-order valence-corrected chi connectivity index (χ0v) is 17.4. The average molecular weight is 399 g/mol. The number of rotatable bonds is 5. The minimum absolute atomic E-state index is 0.0741. The van der Waals surface area contributed by atoms with Gasteiger partial charge in [-0.1, -0.05) is 12.1 Å². The van der Waals surface area contributed by atoms with Gasteiger partial charge in [-0.3, -0.25) is 9.59 Å². The maximum atomic E-state index is 12.9. The molecular formula is C22H30N4O3. The number of H-pyrrole nitrogens is 1. The number of amides is 1. The lowest BCUT2D eigenvalue weighted by molar-refractivity contribution is -0.141. The van der Waals surface area contributed by atoms with Crippen molar-refractivity contribution in [3.8, 4) is 0 Å². The number of likely N-dealkylation sites (tertiary alicyclic amines) is 1. The van der Waals surface area contributed by atoms with Crippen LogP contribution in [0.15, 0.2) is 24.4 Å². The molecule has 0 saturated carbocycles. The summed E-state index contributed by atoms with van der Waals surface area (Å²) >= 11 is 0. The van der Waals surface area contributed by atoms with Crippen molar-refractivity contribution in [1.29, 1.82) is 0 Å². The number of likely N-dealkylation sites (N-methyl/N-ethyl adjacent to an activating group) is 2. The Labute approximate surface area is 171 Å². The highest BCUT2D eigenvalue weighted by atomic mass is 16.5. The fourth-order valence-electron chi connectivity index (χ4n) is 5.17. The van der Waals surface area contributed by atoms with Crippen LogP contribution in [0.5, 0.6) is 0 Å². The number of carbonyl (C=O) groups is 2. The molecule has 7 heteroatoms. The highest BCUT2D eigenvalue weighted by molar-refractivity contribution is 5.88. The maximum absolute atomic E-state index is 12.9. The predicted molar refractivity (Wildman–Crippen MR) is 112 cm³/mol. The van der Waals surface area contributed by atoms with Gasteiger partial charge >= 0.3 is 5.97 Å². The van der Waals surface area contributed by atoms with Crippen molar-refractivity contribution in [3.63, 3.8) is 0 Å². The Bertz CT molecular complexity index is 924. The molecule has 7 nitrogen and oxygen atoms in total. The van der Waals surface area contributed by atoms with Gasteiger partial charge in [-0.25, -0.2) is 0 Å². The molecule has 2 heterocycles. The minimum atomic E-state index is -0.576. The number of aromatic nitrogens is 1. The molecular weight excluding hydrogens is 368 g/mol. The topological polar surface area (TPSA) is 91.7 Å². The Morgan fingerprint density at radius 2 is 2.21 bits per heavy atom. The molecule has 1 aromatic carbocycles. The fourth-order valence-corrected chi connectivity index (χ4v) is 5.17. The number of carbonyl (C=O) groups excluding carboxylic acids is 2. The lowest BCUT2D eigenvalue weighted by Gasteiger charge is -2.47. The van der Waals surface area contributed by atoms with E-state index >= 15 is 0 Å². The summed E-state index contributed by atoms with van der Waals surface area (Å²) in [4.78, 5) is 31.6. The molecule has 1 fully saturated rings. The van der Waals surface area contributed by atoms with Crippen molar-refractivity contribution in [2.45, 2.75) is 37.3 Å². The summed E-state index contributed by atoms with van der Waals surface area (Å²) in [5, 5.41) is 1.35. The zero-order valence-electron chi connectivity index (χ0n) is 17.4. The Hall–Kier alpha value is -2.38. The molecule has 1 amide bonds. The highest BCUT2D eigenvalue weighted by Crippen LogP contribution is 2.44. The molecule has 2 unspecified atom stereocenters. The van der Waals surface area contributed by atoms with E-state index < -0.39 is 6.04 Å². The van der Waals surface area contributed by atoms with Crippen LogP contribution in [-0.2, 0) is 20.7 Å². The Kier molecular flexibility index (Phi) is 5.36. The summed E-state index contributed by atoms with van der Waals surface area (Å²) in [6.07, 6.45) is 4.23. The second-order valence-corrected chi connectivity index (χ2v) is 8.51. The number of piperidine rings is 1. The van der Waals surface area contributed by atoms with Crippen molar-refractivity contribution in [1.82, 2.24) is 14.8 Å². The Balaban J connectivity index is 1.51. The molecule has 4 rings (SSSR count). The molecule has 0 bridgehead atoms. The van der Waals surface area contributed by atoms with Crippen molar-refractivity contribution in [2.75, 3.05) is 34.3 Å². The SMILES string of the molecule is COC(=O)CCN(C)C(=O)C(N)C1C[C@@H]2c3cccc4[nH]cc(c34)C[C@H]2N(C)C1. The first-order valence-corrected chi connectivity index (χ1v) is 10.3. The second kappa shape index (κ2) is 7.80. The number of nitrogens with two attached hydrogens (primary N) is 1. The van der Waals surface area contributed by atoms with E-state index in [9.17, 15) is 9.59 Å². The molecule has 0 spiro atoms. The van der Waals surface area contributed by atoms with E-state index in [1.807, 2.05) is 0 Å². The van der Waals surface area contributed by atoms with E-state index in [-0.39, 0.29) is 24.2 Å². The number of hydrogen-bond donors (Lipinski definition) is 2. The minimum Gasteiger partial charge on any atom is -0.469 e. The van der Waals surface area contributed by atoms with Gasteiger partial charge in [0.05, 0.1) is 19.6 Å². The Morgan fingerprint density at radius 1 is 1.41 bits per heavy atom. The molecule has 1 aromatic heterocycles. The number of hydrogen-bond acceptors (Lipinski definition) is 5. The summed E-state index contributed by atoms with van der Waals surface area (Å²) in [5.41, 5.74) is 10.4. The molecule has 2 aromatic rings. The first kappa shape index (κ1) is 19.9. The maximum Gasteiger partial charge on any atom is 0.307 e. The molecule has 29 heavy (non-hydrogen) atoms. The lowest BCUT2D eigenvalue weighted by atomic mass is 9.71. The van der Waals surface area contributed by atoms with E-state index in [1.165, 1.54) is 29.1 Å². The van der Waals surface area contributed by atoms with Gasteiger partial charge in [0.25, 0.3) is 0 Å². The van der Waals surface area contributed by atoms with E-state index in [1.54, 1.807) is 11.9 Å². The number of nitrogens with one attached hydrogen (secondary N) is 1. The summed E-state index contributed by atoms with van der Waals surface area (Å²) in [6.45, 7) is 1.12. The van der Waals surface area contributed by atoms with Gasteiger partial charge in [-0.2, -0.15) is 0 Å². The van der Waals surface area contributed by atoms with Crippen LogP contribution in [0.3, 0.4) is 0 Å². The number of fused-ring (bicyclic) bond motifs is 2. The first-order chi connectivity index (χ1) is 13.9. The molecule has 156 valence electrons. The largest absolute Gasteiger partial charge is 0.469 e. The molecule has 4 atom stereocenters. The van der Waals surface area contributed by atoms with Crippen molar-refractivity contribution in [3.05, 3.63) is 35.5 Å². The molecule has 2 aliphatic rings. The normalized spacial score (nSPS) is 24.8. The van der Waals surface area contributed by atoms with Gasteiger partial charge in [0, 0.05) is 49.2 Å². The standard InChI is InChI=1S/C22H30N4O3/c1-25(8-7-19(27)29-3)22(28)21(23)14-9-16-15-5-4-6-17-20(15)13(11-24-17)10-18(16)26(2)12-14/h4-6,11,14,16,18,21,24H,7-10,12,23H2,1-3H3/t14?,16-,18-,21?/m1/s1. The summed E-state index contributed by atoms with van der Waals surface area (Å²) in [7, 11) is 5.19. The van der Waals surface area contributed by atoms with Crippen molar-refractivity contribution in [2.24, 2.45) is 11.7 Å². The van der Waals surface area contributed by atoms with Crippen LogP contribution in [0.4, 0.5) is 0 Å². The number of nitrogens with zero attached hydrogens (tertiary/aromatic N) is 2. The van der Waals surface area contributed by atoms with Crippen LogP contribution < -0.4 is 5.73 Å². The Morgan fingerprint density at radius 3 is 2.97 bits per heavy atom. The molecule has 1 aliphatic heterocycles. The van der Waals surface area contributed by atoms with Gasteiger partial charge in [0.15, 0.2) is 0 Å². The number of ether oxygens (including phenoxy) is 1. The third-order valence-electron chi connectivity index (χ3n) is 6.81. The van der Waals surface area contributed by atoms with Crippen molar-refractivity contribution < 1.29 is 14.3 Å². The van der Waals surface area contributed by atoms with E-state index in [0.717, 1.165) is 19.4 Å². The number of aromatic amines is 1. The van der Waals surface area contributed by atoms with E-state index in [4.69, 9.17) is 5.73 Å². The lowest BCUT2D eigenvalue weighted by Crippen LogP contribution is -2.55. The van der Waals surface area contributed by atoms with Crippen LogP contribution in [0.1, 0.15) is 29.9 Å². The predicted octanol–water partition coefficient (Wildman–Crippen LogP) is 1.48. The molecule has 3 N–H and O–H groups in total. The van der Waals surface area contributed by atoms with Gasteiger partial charge in [-0.05, 0) is 43.0 Å². The summed E-state index contributed by atoms with van der Waals surface area (Å²) in [6, 6.07) is 6.31. The quantitative estimate of drug-likeness (QED) is 0.745. The third kappa shape index (κ3) is 3.53. The van der Waals surface area contributed by atoms with Gasteiger partial charge in [-0.15, -0.1) is 0 Å². The van der Waals surface area contributed by atoms with Crippen LogP contribution in [-0.4, -0.2) is 73.0 Å². The van der Waals surface area contributed by atoms with Gasteiger partial charge in [0.1, 0.15) is 0 Å². The van der Waals surface area contributed by atoms with Crippen LogP contribution in [0, 0.1) is 5.92 Å².